The summed E-state index contributed by atoms with van der Waals surface area (Å²) in [5.74, 6) is 1.02. The van der Waals surface area contributed by atoms with Crippen LogP contribution in [0.1, 0.15) is 32.8 Å². The molecule has 1 N–H and O–H groups in total. The number of ether oxygens (including phenoxy) is 1. The van der Waals surface area contributed by atoms with E-state index in [0.29, 0.717) is 6.54 Å². The fraction of sp³-hybridized carbons (Fsp3) is 0.438. The second-order valence-electron chi connectivity index (χ2n) is 5.84. The molecular formula is C16H19N3O3. The molecule has 1 fully saturated rings. The van der Waals surface area contributed by atoms with E-state index in [4.69, 9.17) is 4.74 Å². The molecule has 6 heteroatoms. The molecule has 1 aromatic carbocycles. The first kappa shape index (κ1) is 14.6. The van der Waals surface area contributed by atoms with Gasteiger partial charge in [-0.15, -0.1) is 0 Å². The van der Waals surface area contributed by atoms with Crippen LogP contribution in [0.5, 0.6) is 5.75 Å². The number of hydrogen-bond donors (Lipinski definition) is 1. The zero-order valence-electron chi connectivity index (χ0n) is 12.9. The standard InChI is InChI=1S/C16H19N3O3/c1-9(2)22-14-6-4-5-12-11(14)8-19(10(3)17-12)13-7-15(20)18-16(13)21/h4-6,9,13H,7-8H2,1-3H3,(H,18,20,21). The molecule has 0 bridgehead atoms. The first-order valence-electron chi connectivity index (χ1n) is 7.40. The molecule has 2 heterocycles. The molecule has 1 saturated heterocycles. The third-order valence-corrected chi connectivity index (χ3v) is 3.82. The summed E-state index contributed by atoms with van der Waals surface area (Å²) in [5, 5.41) is 2.35. The van der Waals surface area contributed by atoms with Crippen LogP contribution in [0.2, 0.25) is 0 Å². The van der Waals surface area contributed by atoms with Gasteiger partial charge in [-0.2, -0.15) is 0 Å². The van der Waals surface area contributed by atoms with E-state index >= 15 is 0 Å². The monoisotopic (exact) mass is 301 g/mol. The molecule has 116 valence electrons. The second-order valence-corrected chi connectivity index (χ2v) is 5.84. The van der Waals surface area contributed by atoms with Crippen LogP contribution in [0.4, 0.5) is 5.69 Å². The smallest absolute Gasteiger partial charge is 0.249 e. The van der Waals surface area contributed by atoms with Gasteiger partial charge in [0.05, 0.1) is 24.8 Å². The summed E-state index contributed by atoms with van der Waals surface area (Å²) in [6.45, 7) is 6.31. The van der Waals surface area contributed by atoms with Crippen LogP contribution in [0.25, 0.3) is 0 Å². The highest BCUT2D eigenvalue weighted by atomic mass is 16.5. The van der Waals surface area contributed by atoms with Crippen molar-refractivity contribution in [1.82, 2.24) is 10.2 Å². The Morgan fingerprint density at radius 3 is 2.77 bits per heavy atom. The highest BCUT2D eigenvalue weighted by Crippen LogP contribution is 2.35. The molecule has 1 aromatic rings. The predicted octanol–water partition coefficient (Wildman–Crippen LogP) is 1.75. The summed E-state index contributed by atoms with van der Waals surface area (Å²) in [5.41, 5.74) is 1.81. The van der Waals surface area contributed by atoms with Crippen molar-refractivity contribution in [1.29, 1.82) is 0 Å². The molecule has 0 radical (unpaired) electrons. The number of fused-ring (bicyclic) bond motifs is 1. The molecule has 22 heavy (non-hydrogen) atoms. The molecule has 6 nitrogen and oxygen atoms in total. The predicted molar refractivity (Wildman–Crippen MR) is 82.1 cm³/mol. The van der Waals surface area contributed by atoms with Crippen molar-refractivity contribution in [2.24, 2.45) is 4.99 Å². The lowest BCUT2D eigenvalue weighted by Crippen LogP contribution is -2.44. The van der Waals surface area contributed by atoms with E-state index in [-0.39, 0.29) is 24.3 Å². The molecule has 0 aromatic heterocycles. The number of benzene rings is 1. The van der Waals surface area contributed by atoms with E-state index in [2.05, 4.69) is 10.3 Å². The Balaban J connectivity index is 1.94. The fourth-order valence-electron chi connectivity index (χ4n) is 2.83. The van der Waals surface area contributed by atoms with Crippen LogP contribution in [-0.2, 0) is 16.1 Å². The molecular weight excluding hydrogens is 282 g/mol. The number of imide groups is 1. The zero-order valence-corrected chi connectivity index (χ0v) is 12.9. The number of carbonyl (C=O) groups excluding carboxylic acids is 2. The Hall–Kier alpha value is -2.37. The van der Waals surface area contributed by atoms with Gasteiger partial charge in [0.15, 0.2) is 0 Å². The van der Waals surface area contributed by atoms with Crippen LogP contribution in [0.15, 0.2) is 23.2 Å². The third-order valence-electron chi connectivity index (χ3n) is 3.82. The molecule has 0 aliphatic carbocycles. The summed E-state index contributed by atoms with van der Waals surface area (Å²) in [4.78, 5) is 29.8. The number of hydrogen-bond acceptors (Lipinski definition) is 5. The van der Waals surface area contributed by atoms with Gasteiger partial charge in [0, 0.05) is 5.56 Å². The molecule has 2 aliphatic rings. The topological polar surface area (TPSA) is 71.0 Å². The molecule has 0 saturated carbocycles. The minimum absolute atomic E-state index is 0.0586. The summed E-state index contributed by atoms with van der Waals surface area (Å²) in [6, 6.07) is 5.27. The Morgan fingerprint density at radius 2 is 2.14 bits per heavy atom. The largest absolute Gasteiger partial charge is 0.491 e. The number of carbonyl (C=O) groups is 2. The Bertz CT molecular complexity index is 667. The number of nitrogens with zero attached hydrogens (tertiary/aromatic N) is 2. The van der Waals surface area contributed by atoms with E-state index in [1.807, 2.05) is 43.9 Å². The van der Waals surface area contributed by atoms with E-state index in [0.717, 1.165) is 22.8 Å². The van der Waals surface area contributed by atoms with Crippen molar-refractivity contribution in [3.05, 3.63) is 23.8 Å². The molecule has 1 atom stereocenters. The van der Waals surface area contributed by atoms with Gasteiger partial charge in [-0.1, -0.05) is 6.07 Å². The maximum Gasteiger partial charge on any atom is 0.249 e. The average Bonchev–Trinajstić information content (AvgIpc) is 2.76. The van der Waals surface area contributed by atoms with Gasteiger partial charge in [-0.3, -0.25) is 14.9 Å². The van der Waals surface area contributed by atoms with E-state index in [9.17, 15) is 9.59 Å². The second kappa shape index (κ2) is 5.44. The van der Waals surface area contributed by atoms with Crippen LogP contribution in [0, 0.1) is 0 Å². The minimum Gasteiger partial charge on any atom is -0.491 e. The quantitative estimate of drug-likeness (QED) is 0.864. The Morgan fingerprint density at radius 1 is 1.36 bits per heavy atom. The van der Waals surface area contributed by atoms with Crippen LogP contribution in [0.3, 0.4) is 0 Å². The molecule has 2 amide bonds. The fourth-order valence-corrected chi connectivity index (χ4v) is 2.83. The van der Waals surface area contributed by atoms with Gasteiger partial charge in [-0.05, 0) is 32.9 Å². The molecule has 0 spiro atoms. The maximum atomic E-state index is 11.9. The lowest BCUT2D eigenvalue weighted by molar-refractivity contribution is -0.125. The van der Waals surface area contributed by atoms with E-state index < -0.39 is 6.04 Å². The van der Waals surface area contributed by atoms with E-state index in [1.54, 1.807) is 0 Å². The van der Waals surface area contributed by atoms with Crippen molar-refractivity contribution in [2.45, 2.75) is 45.9 Å². The Kier molecular flexibility index (Phi) is 3.60. The Labute approximate surface area is 129 Å². The van der Waals surface area contributed by atoms with E-state index in [1.165, 1.54) is 0 Å². The lowest BCUT2D eigenvalue weighted by Gasteiger charge is -2.33. The van der Waals surface area contributed by atoms with Gasteiger partial charge < -0.3 is 9.64 Å². The van der Waals surface area contributed by atoms with Crippen molar-refractivity contribution >= 4 is 23.3 Å². The number of amides is 2. The normalized spacial score (nSPS) is 20.8. The van der Waals surface area contributed by atoms with Crippen LogP contribution < -0.4 is 10.1 Å². The van der Waals surface area contributed by atoms with Gasteiger partial charge >= 0.3 is 0 Å². The number of nitrogens with one attached hydrogen (secondary N) is 1. The third kappa shape index (κ3) is 2.56. The van der Waals surface area contributed by atoms with Crippen LogP contribution >= 0.6 is 0 Å². The van der Waals surface area contributed by atoms with Gasteiger partial charge in [-0.25, -0.2) is 4.99 Å². The minimum atomic E-state index is -0.489. The maximum absolute atomic E-state index is 11.9. The molecule has 1 unspecified atom stereocenters. The van der Waals surface area contributed by atoms with Gasteiger partial charge in [0.1, 0.15) is 17.6 Å². The number of amidine groups is 1. The lowest BCUT2D eigenvalue weighted by atomic mass is 10.1. The molecule has 3 rings (SSSR count). The zero-order chi connectivity index (χ0) is 15.9. The molecule has 2 aliphatic heterocycles. The first-order valence-corrected chi connectivity index (χ1v) is 7.40. The summed E-state index contributed by atoms with van der Waals surface area (Å²) in [7, 11) is 0. The van der Waals surface area contributed by atoms with Gasteiger partial charge in [0.25, 0.3) is 0 Å². The van der Waals surface area contributed by atoms with Crippen molar-refractivity contribution in [3.8, 4) is 5.75 Å². The van der Waals surface area contributed by atoms with Crippen molar-refractivity contribution in [3.63, 3.8) is 0 Å². The summed E-state index contributed by atoms with van der Waals surface area (Å²) < 4.78 is 5.84. The highest BCUT2D eigenvalue weighted by Gasteiger charge is 2.37. The highest BCUT2D eigenvalue weighted by molar-refractivity contribution is 6.07. The average molecular weight is 301 g/mol. The SMILES string of the molecule is CC1=Nc2cccc(OC(C)C)c2CN1C1CC(=O)NC1=O. The van der Waals surface area contributed by atoms with Crippen molar-refractivity contribution < 1.29 is 14.3 Å². The first-order chi connectivity index (χ1) is 10.5. The van der Waals surface area contributed by atoms with Crippen molar-refractivity contribution in [2.75, 3.05) is 0 Å². The summed E-state index contributed by atoms with van der Waals surface area (Å²) >= 11 is 0. The number of aliphatic imine (C=N–C) groups is 1. The number of rotatable bonds is 3. The van der Waals surface area contributed by atoms with Gasteiger partial charge in [0.2, 0.25) is 11.8 Å². The van der Waals surface area contributed by atoms with Crippen LogP contribution in [-0.4, -0.2) is 34.7 Å². The summed E-state index contributed by atoms with van der Waals surface area (Å²) in [6.07, 6.45) is 0.233.